The summed E-state index contributed by atoms with van der Waals surface area (Å²) in [4.78, 5) is 10.9. The van der Waals surface area contributed by atoms with Crippen LogP contribution < -0.4 is 0 Å². The van der Waals surface area contributed by atoms with Crippen LogP contribution in [0, 0.1) is 0 Å². The van der Waals surface area contributed by atoms with E-state index in [1.807, 2.05) is 0 Å². The molecule has 12 nitrogen and oxygen atoms in total. The Bertz CT molecular complexity index is 493. The van der Waals surface area contributed by atoms with Gasteiger partial charge in [0.1, 0.15) is 0 Å². The highest BCUT2D eigenvalue weighted by Gasteiger charge is 2.13. The summed E-state index contributed by atoms with van der Waals surface area (Å²) in [5.41, 5.74) is 0. The number of rotatable bonds is 31. The van der Waals surface area contributed by atoms with Crippen LogP contribution in [0.2, 0.25) is 19.6 Å². The molecule has 0 N–H and O–H groups in total. The topological polar surface area (TPSA) is 119 Å². The van der Waals surface area contributed by atoms with E-state index >= 15 is 0 Å². The van der Waals surface area contributed by atoms with Crippen molar-refractivity contribution in [2.45, 2.75) is 26.1 Å². The normalized spacial score (nSPS) is 11.8. The highest BCUT2D eigenvalue weighted by molar-refractivity contribution is 6.69. The molecule has 0 aromatic rings. The first-order chi connectivity index (χ1) is 18.5. The van der Waals surface area contributed by atoms with E-state index in [0.29, 0.717) is 126 Å². The summed E-state index contributed by atoms with van der Waals surface area (Å²) in [5.74, 6) is -0.283. The lowest BCUT2D eigenvalue weighted by Crippen LogP contribution is -2.27. The predicted octanol–water partition coefficient (Wildman–Crippen LogP) is 1.55. The van der Waals surface area contributed by atoms with Crippen LogP contribution in [0.3, 0.4) is 0 Å². The van der Waals surface area contributed by atoms with E-state index in [1.165, 1.54) is 7.11 Å². The lowest BCUT2D eigenvalue weighted by Gasteiger charge is -2.16. The number of esters is 1. The van der Waals surface area contributed by atoms with Gasteiger partial charge < -0.3 is 51.8 Å². The van der Waals surface area contributed by atoms with Gasteiger partial charge in [-0.25, -0.2) is 0 Å². The SMILES string of the molecule is COC(=O)CCOCCOCCOCCOCCOCCOCCOCCOCCOCCO[Si](C)(C)C. The van der Waals surface area contributed by atoms with Gasteiger partial charge in [-0.05, 0) is 19.6 Å². The molecule has 0 saturated heterocycles. The molecule has 38 heavy (non-hydrogen) atoms. The Kier molecular flexibility index (Phi) is 28.7. The minimum atomic E-state index is -1.45. The van der Waals surface area contributed by atoms with Gasteiger partial charge in [-0.15, -0.1) is 0 Å². The van der Waals surface area contributed by atoms with Crippen molar-refractivity contribution in [3.8, 4) is 0 Å². The monoisotopic (exact) mass is 572 g/mol. The zero-order chi connectivity index (χ0) is 28.0. The minimum Gasteiger partial charge on any atom is -0.469 e. The standard InChI is InChI=1S/C25H52O12Si/c1-27-25(26)5-6-28-7-8-29-9-10-30-11-12-31-13-14-32-15-16-33-17-18-34-19-20-35-21-22-36-23-24-37-38(2,3)4/h5-24H2,1-4H3. The average Bonchev–Trinajstić information content (AvgIpc) is 2.89. The van der Waals surface area contributed by atoms with Crippen LogP contribution in [-0.4, -0.2) is 147 Å². The number of methoxy groups -OCH3 is 1. The van der Waals surface area contributed by atoms with E-state index in [9.17, 15) is 4.79 Å². The molecule has 0 heterocycles. The van der Waals surface area contributed by atoms with Crippen molar-refractivity contribution in [3.05, 3.63) is 0 Å². The second-order valence-corrected chi connectivity index (χ2v) is 13.3. The largest absolute Gasteiger partial charge is 0.469 e. The van der Waals surface area contributed by atoms with Crippen LogP contribution in [0.1, 0.15) is 6.42 Å². The van der Waals surface area contributed by atoms with Crippen LogP contribution in [0.15, 0.2) is 0 Å². The molecule has 0 unspecified atom stereocenters. The summed E-state index contributed by atoms with van der Waals surface area (Å²) in [7, 11) is -0.0945. The molecule has 0 aliphatic rings. The van der Waals surface area contributed by atoms with E-state index in [1.54, 1.807) is 0 Å². The molecule has 0 radical (unpaired) electrons. The van der Waals surface area contributed by atoms with Gasteiger partial charge in [0, 0.05) is 0 Å². The number of ether oxygens (including phenoxy) is 10. The molecular weight excluding hydrogens is 520 g/mol. The molecule has 0 spiro atoms. The summed E-state index contributed by atoms with van der Waals surface area (Å²) in [6.45, 7) is 16.1. The van der Waals surface area contributed by atoms with Crippen molar-refractivity contribution >= 4 is 14.3 Å². The Morgan fingerprint density at radius 2 is 0.658 bits per heavy atom. The fourth-order valence-electron chi connectivity index (χ4n) is 2.53. The number of carbonyl (C=O) groups excluding carboxylic acids is 1. The smallest absolute Gasteiger partial charge is 0.307 e. The van der Waals surface area contributed by atoms with Crippen LogP contribution in [0.4, 0.5) is 0 Å². The Hall–Kier alpha value is -0.713. The van der Waals surface area contributed by atoms with Gasteiger partial charge in [-0.2, -0.15) is 0 Å². The Morgan fingerprint density at radius 3 is 0.895 bits per heavy atom. The Balaban J connectivity index is 3.06. The maximum absolute atomic E-state index is 10.9. The first-order valence-electron chi connectivity index (χ1n) is 13.4. The Morgan fingerprint density at radius 1 is 0.421 bits per heavy atom. The second kappa shape index (κ2) is 29.3. The number of hydrogen-bond acceptors (Lipinski definition) is 12. The molecule has 0 aliphatic heterocycles. The molecule has 0 atom stereocenters. The lowest BCUT2D eigenvalue weighted by atomic mass is 10.5. The van der Waals surface area contributed by atoms with Gasteiger partial charge in [0.05, 0.1) is 139 Å². The zero-order valence-electron chi connectivity index (χ0n) is 24.0. The van der Waals surface area contributed by atoms with Crippen molar-refractivity contribution in [1.82, 2.24) is 0 Å². The summed E-state index contributed by atoms with van der Waals surface area (Å²) in [6.07, 6.45) is 0.249. The lowest BCUT2D eigenvalue weighted by molar-refractivity contribution is -0.141. The van der Waals surface area contributed by atoms with Crippen LogP contribution in [0.5, 0.6) is 0 Å². The molecule has 0 amide bonds. The first-order valence-corrected chi connectivity index (χ1v) is 16.8. The van der Waals surface area contributed by atoms with E-state index in [-0.39, 0.29) is 12.4 Å². The molecule has 13 heteroatoms. The van der Waals surface area contributed by atoms with Gasteiger partial charge in [-0.3, -0.25) is 4.79 Å². The molecule has 0 saturated carbocycles. The van der Waals surface area contributed by atoms with Gasteiger partial charge in [0.25, 0.3) is 0 Å². The predicted molar refractivity (Wildman–Crippen MR) is 143 cm³/mol. The van der Waals surface area contributed by atoms with Gasteiger partial charge in [-0.1, -0.05) is 0 Å². The fourth-order valence-corrected chi connectivity index (χ4v) is 3.22. The average molecular weight is 573 g/mol. The molecule has 0 fully saturated rings. The van der Waals surface area contributed by atoms with Crippen LogP contribution in [0.25, 0.3) is 0 Å². The van der Waals surface area contributed by atoms with Gasteiger partial charge in [0.2, 0.25) is 0 Å². The zero-order valence-corrected chi connectivity index (χ0v) is 25.0. The van der Waals surface area contributed by atoms with E-state index in [2.05, 4.69) is 24.4 Å². The molecule has 228 valence electrons. The number of carbonyl (C=O) groups is 1. The van der Waals surface area contributed by atoms with Crippen molar-refractivity contribution in [2.75, 3.05) is 133 Å². The maximum atomic E-state index is 10.9. The number of hydrogen-bond donors (Lipinski definition) is 0. The second-order valence-electron chi connectivity index (χ2n) is 8.80. The van der Waals surface area contributed by atoms with Crippen molar-refractivity contribution in [3.63, 3.8) is 0 Å². The van der Waals surface area contributed by atoms with E-state index in [4.69, 9.17) is 47.1 Å². The summed E-state index contributed by atoms with van der Waals surface area (Å²) in [6, 6.07) is 0. The molecule has 0 bridgehead atoms. The van der Waals surface area contributed by atoms with Crippen molar-refractivity contribution < 1.29 is 56.6 Å². The molecule has 0 aliphatic carbocycles. The molecule has 0 aromatic carbocycles. The Labute approximate surface area is 229 Å². The maximum Gasteiger partial charge on any atom is 0.307 e. The highest BCUT2D eigenvalue weighted by Crippen LogP contribution is 2.01. The van der Waals surface area contributed by atoms with Crippen LogP contribution in [-0.2, 0) is 56.6 Å². The minimum absolute atomic E-state index is 0.249. The summed E-state index contributed by atoms with van der Waals surface area (Å²) in [5, 5.41) is 0. The van der Waals surface area contributed by atoms with Crippen molar-refractivity contribution in [2.24, 2.45) is 0 Å². The van der Waals surface area contributed by atoms with Crippen LogP contribution >= 0.6 is 0 Å². The summed E-state index contributed by atoms with van der Waals surface area (Å²) >= 11 is 0. The van der Waals surface area contributed by atoms with E-state index < -0.39 is 8.32 Å². The molecular formula is C25H52O12Si. The van der Waals surface area contributed by atoms with E-state index in [0.717, 1.165) is 0 Å². The quantitative estimate of drug-likeness (QED) is 0.0681. The van der Waals surface area contributed by atoms with Gasteiger partial charge >= 0.3 is 5.97 Å². The molecule has 0 rings (SSSR count). The van der Waals surface area contributed by atoms with Gasteiger partial charge in [0.15, 0.2) is 8.32 Å². The fraction of sp³-hybridized carbons (Fsp3) is 0.960. The summed E-state index contributed by atoms with van der Waals surface area (Å²) < 4.78 is 58.9. The third kappa shape index (κ3) is 33.3. The highest BCUT2D eigenvalue weighted by atomic mass is 28.4. The molecule has 0 aromatic heterocycles. The van der Waals surface area contributed by atoms with Crippen molar-refractivity contribution in [1.29, 1.82) is 0 Å². The third-order valence-electron chi connectivity index (χ3n) is 4.42. The third-order valence-corrected chi connectivity index (χ3v) is 5.49. The first kappa shape index (κ1) is 37.3.